The Balaban J connectivity index is 1.83. The summed E-state index contributed by atoms with van der Waals surface area (Å²) in [4.78, 5) is 22.9. The molecule has 1 saturated heterocycles. The van der Waals surface area contributed by atoms with Crippen molar-refractivity contribution in [1.82, 2.24) is 9.97 Å². The van der Waals surface area contributed by atoms with Crippen LogP contribution in [0.1, 0.15) is 21.6 Å². The molecule has 0 saturated carbocycles. The van der Waals surface area contributed by atoms with Crippen molar-refractivity contribution >= 4 is 11.9 Å². The molecule has 1 fully saturated rings. The number of carbonyl (C=O) groups is 1. The maximum atomic E-state index is 12.0. The summed E-state index contributed by atoms with van der Waals surface area (Å²) in [7, 11) is 1.34. The van der Waals surface area contributed by atoms with Gasteiger partial charge in [-0.25, -0.2) is 14.8 Å². The van der Waals surface area contributed by atoms with Gasteiger partial charge in [-0.1, -0.05) is 12.1 Å². The van der Waals surface area contributed by atoms with Crippen LogP contribution in [0.15, 0.2) is 30.5 Å². The van der Waals surface area contributed by atoms with E-state index in [-0.39, 0.29) is 6.61 Å². The van der Waals surface area contributed by atoms with Gasteiger partial charge in [-0.15, -0.1) is 0 Å². The molecule has 7 nitrogen and oxygen atoms in total. The molecule has 2 heterocycles. The predicted octanol–water partition coefficient (Wildman–Crippen LogP) is 1.99. The van der Waals surface area contributed by atoms with Crippen LogP contribution in [0.5, 0.6) is 5.75 Å². The summed E-state index contributed by atoms with van der Waals surface area (Å²) >= 11 is 0. The van der Waals surface area contributed by atoms with E-state index in [2.05, 4.69) is 9.97 Å². The number of anilines is 1. The molecule has 0 bridgehead atoms. The zero-order valence-corrected chi connectivity index (χ0v) is 14.4. The van der Waals surface area contributed by atoms with E-state index in [1.54, 1.807) is 0 Å². The Labute approximate surface area is 146 Å². The Morgan fingerprint density at radius 3 is 2.84 bits per heavy atom. The molecule has 0 radical (unpaired) electrons. The molecule has 1 aliphatic rings. The van der Waals surface area contributed by atoms with Crippen molar-refractivity contribution in [2.24, 2.45) is 0 Å². The van der Waals surface area contributed by atoms with Crippen molar-refractivity contribution in [3.8, 4) is 5.75 Å². The highest BCUT2D eigenvalue weighted by molar-refractivity contribution is 5.90. The molecule has 2 aromatic rings. The molecule has 0 amide bonds. The van der Waals surface area contributed by atoms with E-state index in [9.17, 15) is 4.79 Å². The number of aryl methyl sites for hydroxylation is 1. The maximum Gasteiger partial charge on any atom is 0.341 e. The minimum absolute atomic E-state index is 0.160. The standard InChI is InChI=1S/C18H21N3O4/c1-13-4-3-5-14(10-13)25-12-16-15(17(22)23-2)11-19-18(20-16)21-6-8-24-9-7-21/h3-5,10-11H,6-9,12H2,1-2H3. The van der Waals surface area contributed by atoms with Crippen molar-refractivity contribution in [2.75, 3.05) is 38.3 Å². The summed E-state index contributed by atoms with van der Waals surface area (Å²) in [6.07, 6.45) is 1.50. The number of hydrogen-bond acceptors (Lipinski definition) is 7. The van der Waals surface area contributed by atoms with Crippen LogP contribution in [0.4, 0.5) is 5.95 Å². The topological polar surface area (TPSA) is 73.8 Å². The number of morpholine rings is 1. The van der Waals surface area contributed by atoms with Gasteiger partial charge in [-0.3, -0.25) is 0 Å². The van der Waals surface area contributed by atoms with Gasteiger partial charge in [0.1, 0.15) is 17.9 Å². The van der Waals surface area contributed by atoms with Crippen LogP contribution in [0.25, 0.3) is 0 Å². The van der Waals surface area contributed by atoms with Crippen LogP contribution in [-0.2, 0) is 16.1 Å². The number of rotatable bonds is 5. The Bertz CT molecular complexity index is 745. The zero-order chi connectivity index (χ0) is 17.6. The number of nitrogens with zero attached hydrogens (tertiary/aromatic N) is 3. The molecule has 0 unspecified atom stereocenters. The first-order valence-electron chi connectivity index (χ1n) is 8.14. The van der Waals surface area contributed by atoms with Crippen LogP contribution >= 0.6 is 0 Å². The number of ether oxygens (including phenoxy) is 3. The smallest absolute Gasteiger partial charge is 0.341 e. The van der Waals surface area contributed by atoms with Crippen LogP contribution in [0.2, 0.25) is 0 Å². The molecular weight excluding hydrogens is 322 g/mol. The number of esters is 1. The lowest BCUT2D eigenvalue weighted by molar-refractivity contribution is 0.0596. The highest BCUT2D eigenvalue weighted by Gasteiger charge is 2.20. The van der Waals surface area contributed by atoms with Gasteiger partial charge < -0.3 is 19.1 Å². The van der Waals surface area contributed by atoms with E-state index in [1.807, 2.05) is 36.1 Å². The van der Waals surface area contributed by atoms with Gasteiger partial charge in [0, 0.05) is 19.3 Å². The van der Waals surface area contributed by atoms with Crippen molar-refractivity contribution in [3.63, 3.8) is 0 Å². The molecule has 1 aliphatic heterocycles. The molecule has 7 heteroatoms. The molecule has 0 atom stereocenters. The second kappa shape index (κ2) is 7.94. The van der Waals surface area contributed by atoms with Gasteiger partial charge in [0.25, 0.3) is 0 Å². The van der Waals surface area contributed by atoms with Gasteiger partial charge >= 0.3 is 5.97 Å². The first kappa shape index (κ1) is 17.2. The van der Waals surface area contributed by atoms with Gasteiger partial charge in [0.2, 0.25) is 5.95 Å². The summed E-state index contributed by atoms with van der Waals surface area (Å²) in [6.45, 7) is 4.86. The van der Waals surface area contributed by atoms with E-state index >= 15 is 0 Å². The van der Waals surface area contributed by atoms with E-state index in [0.29, 0.717) is 30.4 Å². The largest absolute Gasteiger partial charge is 0.487 e. The SMILES string of the molecule is COC(=O)c1cnc(N2CCOCC2)nc1COc1cccc(C)c1. The average Bonchev–Trinajstić information content (AvgIpc) is 2.66. The Morgan fingerprint density at radius 2 is 2.12 bits per heavy atom. The van der Waals surface area contributed by atoms with E-state index in [0.717, 1.165) is 24.4 Å². The molecule has 0 spiro atoms. The number of benzene rings is 1. The van der Waals surface area contributed by atoms with Crippen molar-refractivity contribution in [3.05, 3.63) is 47.3 Å². The number of methoxy groups -OCH3 is 1. The van der Waals surface area contributed by atoms with Crippen molar-refractivity contribution in [2.45, 2.75) is 13.5 Å². The molecular formula is C18H21N3O4. The molecule has 1 aromatic carbocycles. The fraction of sp³-hybridized carbons (Fsp3) is 0.389. The minimum atomic E-state index is -0.476. The molecule has 0 aliphatic carbocycles. The normalized spacial score (nSPS) is 14.2. The Morgan fingerprint density at radius 1 is 1.32 bits per heavy atom. The average molecular weight is 343 g/mol. The lowest BCUT2D eigenvalue weighted by Gasteiger charge is -2.27. The Kier molecular flexibility index (Phi) is 5.45. The first-order valence-corrected chi connectivity index (χ1v) is 8.14. The Hall–Kier alpha value is -2.67. The van der Waals surface area contributed by atoms with E-state index in [4.69, 9.17) is 14.2 Å². The van der Waals surface area contributed by atoms with E-state index < -0.39 is 5.97 Å². The lowest BCUT2D eigenvalue weighted by Crippen LogP contribution is -2.37. The van der Waals surface area contributed by atoms with E-state index in [1.165, 1.54) is 13.3 Å². The summed E-state index contributed by atoms with van der Waals surface area (Å²) in [5.74, 6) is 0.817. The van der Waals surface area contributed by atoms with Gasteiger partial charge in [0.15, 0.2) is 0 Å². The van der Waals surface area contributed by atoms with Crippen LogP contribution in [0, 0.1) is 6.92 Å². The van der Waals surface area contributed by atoms with Crippen LogP contribution in [-0.4, -0.2) is 49.4 Å². The molecule has 132 valence electrons. The van der Waals surface area contributed by atoms with Gasteiger partial charge in [-0.2, -0.15) is 0 Å². The van der Waals surface area contributed by atoms with Crippen molar-refractivity contribution < 1.29 is 19.0 Å². The highest BCUT2D eigenvalue weighted by Crippen LogP contribution is 2.18. The molecule has 1 aromatic heterocycles. The van der Waals surface area contributed by atoms with Gasteiger partial charge in [-0.05, 0) is 24.6 Å². The molecule has 25 heavy (non-hydrogen) atoms. The monoisotopic (exact) mass is 343 g/mol. The maximum absolute atomic E-state index is 12.0. The third-order valence-electron chi connectivity index (χ3n) is 3.92. The number of aromatic nitrogens is 2. The second-order valence-corrected chi connectivity index (χ2v) is 5.73. The summed E-state index contributed by atoms with van der Waals surface area (Å²) in [6, 6.07) is 7.72. The highest BCUT2D eigenvalue weighted by atomic mass is 16.5. The number of carbonyl (C=O) groups excluding carboxylic acids is 1. The minimum Gasteiger partial charge on any atom is -0.487 e. The fourth-order valence-corrected chi connectivity index (χ4v) is 2.57. The second-order valence-electron chi connectivity index (χ2n) is 5.73. The number of hydrogen-bond donors (Lipinski definition) is 0. The zero-order valence-electron chi connectivity index (χ0n) is 14.4. The third kappa shape index (κ3) is 4.24. The molecule has 3 rings (SSSR count). The third-order valence-corrected chi connectivity index (χ3v) is 3.92. The van der Waals surface area contributed by atoms with Crippen LogP contribution < -0.4 is 9.64 Å². The van der Waals surface area contributed by atoms with Crippen LogP contribution in [0.3, 0.4) is 0 Å². The lowest BCUT2D eigenvalue weighted by atomic mass is 10.2. The fourth-order valence-electron chi connectivity index (χ4n) is 2.57. The predicted molar refractivity (Wildman–Crippen MR) is 91.9 cm³/mol. The first-order chi connectivity index (χ1) is 12.2. The quantitative estimate of drug-likeness (QED) is 0.769. The van der Waals surface area contributed by atoms with Gasteiger partial charge in [0.05, 0.1) is 26.0 Å². The molecule has 0 N–H and O–H groups in total. The van der Waals surface area contributed by atoms with Crippen molar-refractivity contribution in [1.29, 1.82) is 0 Å². The summed E-state index contributed by atoms with van der Waals surface area (Å²) in [5.41, 5.74) is 1.92. The summed E-state index contributed by atoms with van der Waals surface area (Å²) in [5, 5.41) is 0. The summed E-state index contributed by atoms with van der Waals surface area (Å²) < 4.78 is 16.0.